The first kappa shape index (κ1) is 24.0. The Bertz CT molecular complexity index is 1040. The fraction of sp³-hybridized carbons (Fsp3) is 0.385. The summed E-state index contributed by atoms with van der Waals surface area (Å²) in [7, 11) is 1.67. The Morgan fingerprint density at radius 2 is 1.91 bits per heavy atom. The third kappa shape index (κ3) is 5.98. The number of rotatable bonds is 8. The number of nitrogens with one attached hydrogen (secondary N) is 1. The monoisotopic (exact) mass is 448 g/mol. The van der Waals surface area contributed by atoms with Crippen molar-refractivity contribution in [2.45, 2.75) is 26.8 Å². The van der Waals surface area contributed by atoms with Gasteiger partial charge in [-0.3, -0.25) is 4.79 Å². The summed E-state index contributed by atoms with van der Waals surface area (Å²) in [5.41, 5.74) is 3.13. The maximum atomic E-state index is 12.9. The Hall–Kier alpha value is -3.66. The first-order valence-electron chi connectivity index (χ1n) is 11.2. The molecule has 7 nitrogen and oxygen atoms in total. The Balaban J connectivity index is 1.65. The number of ether oxygens (including phenoxy) is 2. The van der Waals surface area contributed by atoms with Gasteiger partial charge in [0.1, 0.15) is 23.1 Å². The van der Waals surface area contributed by atoms with Crippen LogP contribution in [-0.4, -0.2) is 50.7 Å². The summed E-state index contributed by atoms with van der Waals surface area (Å²) in [6.45, 7) is 9.33. The average molecular weight is 449 g/mol. The summed E-state index contributed by atoms with van der Waals surface area (Å²) in [6.07, 6.45) is 1.67. The van der Waals surface area contributed by atoms with Crippen molar-refractivity contribution < 1.29 is 14.3 Å². The third-order valence-electron chi connectivity index (χ3n) is 5.70. The number of methoxy groups -OCH3 is 1. The van der Waals surface area contributed by atoms with Gasteiger partial charge in [0.25, 0.3) is 5.91 Å². The van der Waals surface area contributed by atoms with Crippen LogP contribution in [0.1, 0.15) is 31.0 Å². The molecule has 3 rings (SSSR count). The zero-order chi connectivity index (χ0) is 23.8. The van der Waals surface area contributed by atoms with E-state index in [9.17, 15) is 10.1 Å². The van der Waals surface area contributed by atoms with E-state index in [4.69, 9.17) is 9.47 Å². The van der Waals surface area contributed by atoms with E-state index in [2.05, 4.69) is 16.3 Å². The van der Waals surface area contributed by atoms with Gasteiger partial charge in [0.05, 0.1) is 25.4 Å². The highest BCUT2D eigenvalue weighted by atomic mass is 16.5. The van der Waals surface area contributed by atoms with Crippen molar-refractivity contribution in [3.05, 3.63) is 65.4 Å². The molecule has 0 saturated carbocycles. The lowest BCUT2D eigenvalue weighted by Gasteiger charge is -2.36. The summed E-state index contributed by atoms with van der Waals surface area (Å²) < 4.78 is 11.2. The van der Waals surface area contributed by atoms with Gasteiger partial charge in [0.15, 0.2) is 0 Å². The van der Waals surface area contributed by atoms with E-state index in [0.717, 1.165) is 41.4 Å². The molecule has 1 aliphatic rings. The largest absolute Gasteiger partial charge is 0.495 e. The molecule has 174 valence electrons. The molecule has 0 aliphatic carbocycles. The van der Waals surface area contributed by atoms with Crippen molar-refractivity contribution in [1.29, 1.82) is 5.26 Å². The summed E-state index contributed by atoms with van der Waals surface area (Å²) in [6, 6.07) is 15.6. The zero-order valence-corrected chi connectivity index (χ0v) is 19.8. The number of para-hydroxylation sites is 2. The molecule has 1 fully saturated rings. The van der Waals surface area contributed by atoms with E-state index < -0.39 is 0 Å². The Morgan fingerprint density at radius 3 is 2.58 bits per heavy atom. The van der Waals surface area contributed by atoms with E-state index in [1.54, 1.807) is 13.3 Å². The van der Waals surface area contributed by atoms with Gasteiger partial charge < -0.3 is 24.6 Å². The van der Waals surface area contributed by atoms with Crippen LogP contribution in [0.3, 0.4) is 0 Å². The van der Waals surface area contributed by atoms with Crippen LogP contribution in [0.25, 0.3) is 0 Å². The standard InChI is InChI=1S/C26H32N4O3/c1-5-33-24-11-10-19(2)16-22(24)20(3)28-26(31)21(17-27)18-29-12-14-30(15-13-29)23-8-6-7-9-25(23)32-4/h6-11,16,18,20H,5,12-15H2,1-4H3,(H,28,31)/b21-18-. The van der Waals surface area contributed by atoms with Gasteiger partial charge in [-0.25, -0.2) is 0 Å². The lowest BCUT2D eigenvalue weighted by atomic mass is 10.0. The summed E-state index contributed by atoms with van der Waals surface area (Å²) in [5, 5.41) is 12.6. The number of carbonyl (C=O) groups excluding carboxylic acids is 1. The van der Waals surface area contributed by atoms with Crippen LogP contribution in [0.2, 0.25) is 0 Å². The number of piperazine rings is 1. The minimum Gasteiger partial charge on any atom is -0.495 e. The number of anilines is 1. The van der Waals surface area contributed by atoms with Crippen LogP contribution < -0.4 is 19.7 Å². The Kier molecular flexibility index (Phi) is 8.20. The number of amides is 1. The Morgan fingerprint density at radius 1 is 1.18 bits per heavy atom. The van der Waals surface area contributed by atoms with Crippen molar-refractivity contribution in [2.24, 2.45) is 0 Å². The average Bonchev–Trinajstić information content (AvgIpc) is 2.84. The molecule has 1 aliphatic heterocycles. The predicted octanol–water partition coefficient (Wildman–Crippen LogP) is 3.81. The van der Waals surface area contributed by atoms with Gasteiger partial charge in [0.2, 0.25) is 0 Å². The molecule has 1 N–H and O–H groups in total. The number of aryl methyl sites for hydroxylation is 1. The topological polar surface area (TPSA) is 77.8 Å². The molecule has 0 spiro atoms. The van der Waals surface area contributed by atoms with Crippen LogP contribution in [0.15, 0.2) is 54.2 Å². The summed E-state index contributed by atoms with van der Waals surface area (Å²) in [5.74, 6) is 1.20. The fourth-order valence-corrected chi connectivity index (χ4v) is 3.95. The first-order valence-corrected chi connectivity index (χ1v) is 11.2. The third-order valence-corrected chi connectivity index (χ3v) is 5.70. The number of nitrogens with zero attached hydrogens (tertiary/aromatic N) is 3. The van der Waals surface area contributed by atoms with Gasteiger partial charge in [-0.15, -0.1) is 0 Å². The molecule has 1 amide bonds. The molecule has 2 aromatic rings. The molecule has 0 radical (unpaired) electrons. The molecular formula is C26H32N4O3. The molecule has 0 aromatic heterocycles. The molecule has 7 heteroatoms. The van der Waals surface area contributed by atoms with Gasteiger partial charge in [-0.2, -0.15) is 5.26 Å². The van der Waals surface area contributed by atoms with Gasteiger partial charge in [0, 0.05) is 37.9 Å². The minimum absolute atomic E-state index is 0.0956. The van der Waals surface area contributed by atoms with Crippen LogP contribution in [0.5, 0.6) is 11.5 Å². The first-order chi connectivity index (χ1) is 16.0. The fourth-order valence-electron chi connectivity index (χ4n) is 3.95. The van der Waals surface area contributed by atoms with E-state index >= 15 is 0 Å². The molecular weight excluding hydrogens is 416 g/mol. The predicted molar refractivity (Wildman–Crippen MR) is 129 cm³/mol. The van der Waals surface area contributed by atoms with Crippen molar-refractivity contribution in [2.75, 3.05) is 44.8 Å². The summed E-state index contributed by atoms with van der Waals surface area (Å²) in [4.78, 5) is 17.1. The van der Waals surface area contributed by atoms with Gasteiger partial charge in [-0.1, -0.05) is 29.8 Å². The van der Waals surface area contributed by atoms with E-state index in [0.29, 0.717) is 19.7 Å². The van der Waals surface area contributed by atoms with E-state index in [1.165, 1.54) is 0 Å². The Labute approximate surface area is 196 Å². The van der Waals surface area contributed by atoms with Crippen molar-refractivity contribution in [3.63, 3.8) is 0 Å². The second kappa shape index (κ2) is 11.3. The van der Waals surface area contributed by atoms with Crippen molar-refractivity contribution in [3.8, 4) is 17.6 Å². The quantitative estimate of drug-likeness (QED) is 0.489. The van der Waals surface area contributed by atoms with Crippen LogP contribution in [-0.2, 0) is 4.79 Å². The number of hydrogen-bond acceptors (Lipinski definition) is 6. The van der Waals surface area contributed by atoms with Crippen LogP contribution >= 0.6 is 0 Å². The number of benzene rings is 2. The smallest absolute Gasteiger partial charge is 0.263 e. The molecule has 1 saturated heterocycles. The maximum Gasteiger partial charge on any atom is 0.263 e. The second-order valence-corrected chi connectivity index (χ2v) is 8.02. The highest BCUT2D eigenvalue weighted by Gasteiger charge is 2.21. The molecule has 2 aromatic carbocycles. The van der Waals surface area contributed by atoms with Crippen LogP contribution in [0, 0.1) is 18.3 Å². The molecule has 1 unspecified atom stereocenters. The highest BCUT2D eigenvalue weighted by Crippen LogP contribution is 2.29. The molecule has 1 heterocycles. The number of nitriles is 1. The highest BCUT2D eigenvalue weighted by molar-refractivity contribution is 5.97. The SMILES string of the molecule is CCOc1ccc(C)cc1C(C)NC(=O)/C(C#N)=C\N1CCN(c2ccccc2OC)CC1. The van der Waals surface area contributed by atoms with Crippen LogP contribution in [0.4, 0.5) is 5.69 Å². The van der Waals surface area contributed by atoms with E-state index in [1.807, 2.05) is 68.1 Å². The number of hydrogen-bond donors (Lipinski definition) is 1. The lowest BCUT2D eigenvalue weighted by molar-refractivity contribution is -0.117. The summed E-state index contributed by atoms with van der Waals surface area (Å²) >= 11 is 0. The second-order valence-electron chi connectivity index (χ2n) is 8.02. The maximum absolute atomic E-state index is 12.9. The zero-order valence-electron chi connectivity index (χ0n) is 19.8. The minimum atomic E-state index is -0.388. The van der Waals surface area contributed by atoms with Crippen molar-refractivity contribution in [1.82, 2.24) is 10.2 Å². The lowest BCUT2D eigenvalue weighted by Crippen LogP contribution is -2.44. The normalized spacial score (nSPS) is 14.9. The molecule has 1 atom stereocenters. The molecule has 33 heavy (non-hydrogen) atoms. The van der Waals surface area contributed by atoms with Gasteiger partial charge in [-0.05, 0) is 39.0 Å². The molecule has 0 bridgehead atoms. The van der Waals surface area contributed by atoms with Crippen molar-refractivity contribution >= 4 is 11.6 Å². The van der Waals surface area contributed by atoms with Gasteiger partial charge >= 0.3 is 0 Å². The number of carbonyl (C=O) groups is 1. The van der Waals surface area contributed by atoms with E-state index in [-0.39, 0.29) is 17.5 Å².